The van der Waals surface area contributed by atoms with E-state index >= 15 is 0 Å². The van der Waals surface area contributed by atoms with E-state index in [0.29, 0.717) is 0 Å². The zero-order valence-corrected chi connectivity index (χ0v) is 9.39. The molecule has 1 saturated heterocycles. The molecule has 1 fully saturated rings. The molecule has 3 heteroatoms. The van der Waals surface area contributed by atoms with Crippen LogP contribution in [0, 0.1) is 0 Å². The predicted molar refractivity (Wildman–Crippen MR) is 58.5 cm³/mol. The molecule has 0 aromatic rings. The summed E-state index contributed by atoms with van der Waals surface area (Å²) in [4.78, 5) is 4.87. The highest BCUT2D eigenvalue weighted by Gasteiger charge is 2.10. The Bertz CT molecular complexity index is 124. The normalized spacial score (nSPS) is 18.7. The number of likely N-dealkylation sites (tertiary alicyclic amines) is 1. The van der Waals surface area contributed by atoms with Crippen LogP contribution in [0.2, 0.25) is 0 Å². The highest BCUT2D eigenvalue weighted by Crippen LogP contribution is 2.07. The Balaban J connectivity index is 1.93. The SMILES string of the molecule is CN(CCCl)CCCN1CCCC1. The lowest BCUT2D eigenvalue weighted by molar-refractivity contribution is 0.287. The van der Waals surface area contributed by atoms with E-state index in [2.05, 4.69) is 16.8 Å². The molecular weight excluding hydrogens is 184 g/mol. The van der Waals surface area contributed by atoms with Crippen LogP contribution in [0.3, 0.4) is 0 Å². The number of alkyl halides is 1. The van der Waals surface area contributed by atoms with Crippen LogP contribution in [0.4, 0.5) is 0 Å². The van der Waals surface area contributed by atoms with E-state index in [-0.39, 0.29) is 0 Å². The van der Waals surface area contributed by atoms with E-state index in [0.717, 1.165) is 12.4 Å². The summed E-state index contributed by atoms with van der Waals surface area (Å²) in [5.41, 5.74) is 0. The van der Waals surface area contributed by atoms with Gasteiger partial charge in [0.1, 0.15) is 0 Å². The zero-order chi connectivity index (χ0) is 9.52. The lowest BCUT2D eigenvalue weighted by Crippen LogP contribution is -2.27. The summed E-state index contributed by atoms with van der Waals surface area (Å²) in [6.45, 7) is 6.11. The van der Waals surface area contributed by atoms with Gasteiger partial charge in [-0.05, 0) is 52.5 Å². The molecule has 0 unspecified atom stereocenters. The number of rotatable bonds is 6. The summed E-state index contributed by atoms with van der Waals surface area (Å²) in [7, 11) is 2.15. The van der Waals surface area contributed by atoms with Crippen molar-refractivity contribution in [3.05, 3.63) is 0 Å². The van der Waals surface area contributed by atoms with E-state index in [1.165, 1.54) is 45.4 Å². The van der Waals surface area contributed by atoms with Crippen LogP contribution in [0.15, 0.2) is 0 Å². The molecule has 78 valence electrons. The van der Waals surface area contributed by atoms with Gasteiger partial charge in [-0.2, -0.15) is 0 Å². The smallest absolute Gasteiger partial charge is 0.0351 e. The maximum absolute atomic E-state index is 5.65. The minimum Gasteiger partial charge on any atom is -0.305 e. The molecule has 1 aliphatic rings. The third-order valence-electron chi connectivity index (χ3n) is 2.68. The molecule has 0 radical (unpaired) electrons. The molecule has 0 aromatic heterocycles. The van der Waals surface area contributed by atoms with Crippen molar-refractivity contribution >= 4 is 11.6 Å². The summed E-state index contributed by atoms with van der Waals surface area (Å²) in [5.74, 6) is 0.750. The van der Waals surface area contributed by atoms with Crippen LogP contribution in [-0.4, -0.2) is 55.5 Å². The molecule has 0 amide bonds. The van der Waals surface area contributed by atoms with Crippen molar-refractivity contribution in [2.75, 3.05) is 45.7 Å². The minimum atomic E-state index is 0.750. The fraction of sp³-hybridized carbons (Fsp3) is 1.00. The fourth-order valence-electron chi connectivity index (χ4n) is 1.83. The molecule has 1 aliphatic heterocycles. The Hall–Kier alpha value is 0.210. The topological polar surface area (TPSA) is 6.48 Å². The first-order valence-corrected chi connectivity index (χ1v) is 5.83. The van der Waals surface area contributed by atoms with Gasteiger partial charge >= 0.3 is 0 Å². The van der Waals surface area contributed by atoms with Gasteiger partial charge in [-0.25, -0.2) is 0 Å². The van der Waals surface area contributed by atoms with Crippen molar-refractivity contribution in [2.24, 2.45) is 0 Å². The van der Waals surface area contributed by atoms with Gasteiger partial charge < -0.3 is 9.80 Å². The molecular formula is C10H21ClN2. The number of nitrogens with zero attached hydrogens (tertiary/aromatic N) is 2. The highest BCUT2D eigenvalue weighted by molar-refractivity contribution is 6.18. The van der Waals surface area contributed by atoms with Crippen molar-refractivity contribution in [1.29, 1.82) is 0 Å². The van der Waals surface area contributed by atoms with Crippen molar-refractivity contribution in [3.63, 3.8) is 0 Å². The average Bonchev–Trinajstić information content (AvgIpc) is 2.57. The van der Waals surface area contributed by atoms with Crippen LogP contribution in [0.5, 0.6) is 0 Å². The van der Waals surface area contributed by atoms with Gasteiger partial charge in [0.2, 0.25) is 0 Å². The monoisotopic (exact) mass is 204 g/mol. The molecule has 0 aliphatic carbocycles. The van der Waals surface area contributed by atoms with Crippen LogP contribution in [-0.2, 0) is 0 Å². The molecule has 0 N–H and O–H groups in total. The quantitative estimate of drug-likeness (QED) is 0.608. The molecule has 0 atom stereocenters. The van der Waals surface area contributed by atoms with Crippen LogP contribution >= 0.6 is 11.6 Å². The second-order valence-electron chi connectivity index (χ2n) is 3.89. The lowest BCUT2D eigenvalue weighted by Gasteiger charge is -2.18. The zero-order valence-electron chi connectivity index (χ0n) is 8.64. The Labute approximate surface area is 86.8 Å². The van der Waals surface area contributed by atoms with Gasteiger partial charge in [0.25, 0.3) is 0 Å². The maximum atomic E-state index is 5.65. The van der Waals surface area contributed by atoms with Crippen molar-refractivity contribution in [2.45, 2.75) is 19.3 Å². The van der Waals surface area contributed by atoms with Crippen LogP contribution < -0.4 is 0 Å². The van der Waals surface area contributed by atoms with E-state index in [9.17, 15) is 0 Å². The molecule has 0 saturated carbocycles. The molecule has 0 aromatic carbocycles. The Kier molecular flexibility index (Phi) is 5.76. The predicted octanol–water partition coefficient (Wildman–Crippen LogP) is 1.64. The standard InChI is InChI=1S/C10H21ClN2/c1-12(10-5-11)6-4-9-13-7-2-3-8-13/h2-10H2,1H3. The third kappa shape index (κ3) is 4.84. The summed E-state index contributed by atoms with van der Waals surface area (Å²) in [6, 6.07) is 0. The Morgan fingerprint density at radius 3 is 2.54 bits per heavy atom. The fourth-order valence-corrected chi connectivity index (χ4v) is 2.12. The lowest BCUT2D eigenvalue weighted by atomic mass is 10.3. The van der Waals surface area contributed by atoms with Crippen LogP contribution in [0.1, 0.15) is 19.3 Å². The third-order valence-corrected chi connectivity index (χ3v) is 2.85. The summed E-state index contributed by atoms with van der Waals surface area (Å²) < 4.78 is 0. The molecule has 0 spiro atoms. The van der Waals surface area contributed by atoms with E-state index < -0.39 is 0 Å². The summed E-state index contributed by atoms with van der Waals surface area (Å²) in [5, 5.41) is 0. The van der Waals surface area contributed by atoms with Gasteiger partial charge in [0, 0.05) is 12.4 Å². The number of hydrogen-bond acceptors (Lipinski definition) is 2. The van der Waals surface area contributed by atoms with E-state index in [1.807, 2.05) is 0 Å². The highest BCUT2D eigenvalue weighted by atomic mass is 35.5. The maximum Gasteiger partial charge on any atom is 0.0351 e. The van der Waals surface area contributed by atoms with Gasteiger partial charge in [-0.15, -0.1) is 11.6 Å². The molecule has 1 heterocycles. The first-order chi connectivity index (χ1) is 6.33. The molecule has 0 bridgehead atoms. The van der Waals surface area contributed by atoms with Crippen molar-refractivity contribution in [1.82, 2.24) is 9.80 Å². The van der Waals surface area contributed by atoms with Gasteiger partial charge in [0.15, 0.2) is 0 Å². The van der Waals surface area contributed by atoms with E-state index in [1.54, 1.807) is 0 Å². The molecule has 2 nitrogen and oxygen atoms in total. The molecule has 1 rings (SSSR count). The number of halogens is 1. The first kappa shape index (κ1) is 11.3. The Morgan fingerprint density at radius 2 is 1.92 bits per heavy atom. The minimum absolute atomic E-state index is 0.750. The summed E-state index contributed by atoms with van der Waals surface area (Å²) >= 11 is 5.65. The largest absolute Gasteiger partial charge is 0.305 e. The second kappa shape index (κ2) is 6.63. The number of hydrogen-bond donors (Lipinski definition) is 0. The van der Waals surface area contributed by atoms with Crippen molar-refractivity contribution in [3.8, 4) is 0 Å². The Morgan fingerprint density at radius 1 is 1.23 bits per heavy atom. The van der Waals surface area contributed by atoms with Crippen LogP contribution in [0.25, 0.3) is 0 Å². The van der Waals surface area contributed by atoms with Gasteiger partial charge in [-0.1, -0.05) is 0 Å². The second-order valence-corrected chi connectivity index (χ2v) is 4.27. The first-order valence-electron chi connectivity index (χ1n) is 5.30. The summed E-state index contributed by atoms with van der Waals surface area (Å²) in [6.07, 6.45) is 4.09. The van der Waals surface area contributed by atoms with Crippen molar-refractivity contribution < 1.29 is 0 Å². The van der Waals surface area contributed by atoms with E-state index in [4.69, 9.17) is 11.6 Å². The molecule has 13 heavy (non-hydrogen) atoms. The van der Waals surface area contributed by atoms with Gasteiger partial charge in [-0.3, -0.25) is 0 Å². The average molecular weight is 205 g/mol. The van der Waals surface area contributed by atoms with Gasteiger partial charge in [0.05, 0.1) is 0 Å².